The lowest BCUT2D eigenvalue weighted by Crippen LogP contribution is -2.70. The molecule has 1 saturated heterocycles. The molecule has 1 fully saturated rings. The van der Waals surface area contributed by atoms with Crippen LogP contribution in [0.1, 0.15) is 39.7 Å². The zero-order chi connectivity index (χ0) is 27.6. The molecule has 0 aromatic heterocycles. The Morgan fingerprint density at radius 1 is 1.14 bits per heavy atom. The maximum Gasteiger partial charge on any atom is 0.416 e. The molecule has 37 heavy (non-hydrogen) atoms. The topological polar surface area (TPSA) is 108 Å². The average molecular weight is 532 g/mol. The van der Waals surface area contributed by atoms with E-state index in [1.165, 1.54) is 13.0 Å². The van der Waals surface area contributed by atoms with Crippen LogP contribution in [0.2, 0.25) is 18.1 Å². The summed E-state index contributed by atoms with van der Waals surface area (Å²) in [5.74, 6) is -3.10. The number of rotatable bonds is 6. The molecule has 10 heteroatoms. The highest BCUT2D eigenvalue weighted by molar-refractivity contribution is 6.74. The Morgan fingerprint density at radius 2 is 1.78 bits per heavy atom. The van der Waals surface area contributed by atoms with E-state index in [2.05, 4.69) is 33.9 Å². The second kappa shape index (κ2) is 10.8. The number of esters is 2. The number of hydrogen-bond donors (Lipinski definition) is 0. The van der Waals surface area contributed by atoms with E-state index in [1.54, 1.807) is 18.2 Å². The largest absolute Gasteiger partial charge is 0.460 e. The predicted octanol–water partition coefficient (Wildman–Crippen LogP) is 4.22. The first-order valence-electron chi connectivity index (χ1n) is 12.4. The Labute approximate surface area is 219 Å². The van der Waals surface area contributed by atoms with Gasteiger partial charge < -0.3 is 18.6 Å². The predicted molar refractivity (Wildman–Crippen MR) is 138 cm³/mol. The van der Waals surface area contributed by atoms with Crippen molar-refractivity contribution >= 4 is 32.3 Å². The first kappa shape index (κ1) is 28.6. The molecule has 0 bridgehead atoms. The van der Waals surface area contributed by atoms with E-state index in [4.69, 9.17) is 18.6 Å². The van der Waals surface area contributed by atoms with Crippen LogP contribution in [0.15, 0.2) is 42.5 Å². The second-order valence-electron chi connectivity index (χ2n) is 11.0. The van der Waals surface area contributed by atoms with E-state index in [-0.39, 0.29) is 18.2 Å². The number of allylic oxidation sites excluding steroid dienone is 1. The number of piperidine rings is 1. The molecule has 2 amide bonds. The molecule has 0 unspecified atom stereocenters. The summed E-state index contributed by atoms with van der Waals surface area (Å²) in [6, 6.07) is 9.04. The average Bonchev–Trinajstić information content (AvgIpc) is 2.83. The van der Waals surface area contributed by atoms with Crippen LogP contribution in [0.5, 0.6) is 0 Å². The van der Waals surface area contributed by atoms with Crippen molar-refractivity contribution in [3.8, 4) is 0 Å². The van der Waals surface area contributed by atoms with Crippen LogP contribution in [0.3, 0.4) is 0 Å². The van der Waals surface area contributed by atoms with E-state index in [0.29, 0.717) is 6.42 Å². The van der Waals surface area contributed by atoms with Crippen molar-refractivity contribution in [3.05, 3.63) is 48.0 Å². The molecule has 1 heterocycles. The second-order valence-corrected chi connectivity index (χ2v) is 15.8. The lowest BCUT2D eigenvalue weighted by molar-refractivity contribution is -0.195. The maximum absolute atomic E-state index is 14.1. The van der Waals surface area contributed by atoms with Gasteiger partial charge in [0.15, 0.2) is 13.7 Å². The summed E-state index contributed by atoms with van der Waals surface area (Å²) in [4.78, 5) is 53.9. The highest BCUT2D eigenvalue weighted by Gasteiger charge is 2.68. The van der Waals surface area contributed by atoms with E-state index >= 15 is 0 Å². The summed E-state index contributed by atoms with van der Waals surface area (Å²) in [6.45, 7) is 11.4. The lowest BCUT2D eigenvalue weighted by Gasteiger charge is -2.53. The van der Waals surface area contributed by atoms with Crippen LogP contribution in [0, 0.1) is 11.3 Å². The van der Waals surface area contributed by atoms with Crippen molar-refractivity contribution in [1.82, 2.24) is 4.90 Å². The zero-order valence-corrected chi connectivity index (χ0v) is 23.6. The number of carbonyl (C=O) groups is 4. The third-order valence-corrected chi connectivity index (χ3v) is 12.1. The molecule has 9 nitrogen and oxygen atoms in total. The lowest BCUT2D eigenvalue weighted by atomic mass is 9.61. The first-order valence-corrected chi connectivity index (χ1v) is 15.3. The van der Waals surface area contributed by atoms with Gasteiger partial charge in [0.25, 0.3) is 5.91 Å². The van der Waals surface area contributed by atoms with E-state index < -0.39 is 55.8 Å². The Bertz CT molecular complexity index is 1060. The molecule has 1 aliphatic carbocycles. The van der Waals surface area contributed by atoms with Crippen LogP contribution >= 0.6 is 0 Å². The van der Waals surface area contributed by atoms with Gasteiger partial charge in [-0.25, -0.2) is 9.69 Å². The SMILES string of the molecule is COC(=O)N1C[C@@H](O[Si](C)(C)C(C)(C)C)[C@H]2CC=C[C@H](OC(C)=O)[C@@]2(C(=O)OCc2ccccc2)C1=O. The summed E-state index contributed by atoms with van der Waals surface area (Å²) in [5, 5.41) is -0.180. The summed E-state index contributed by atoms with van der Waals surface area (Å²) < 4.78 is 22.9. The molecule has 2 aliphatic rings. The number of amides is 2. The standard InChI is InChI=1S/C27H37NO8Si/c1-18(29)35-22-15-11-14-20-21(36-37(6,7)26(2,3)4)16-28(25(32)33-5)23(30)27(20,22)24(31)34-17-19-12-9-8-10-13-19/h8-13,15,20-22H,14,16-17H2,1-7H3/t20-,21-,22+,27-/m1/s1. The number of carbonyl (C=O) groups excluding carboxylic acids is 4. The molecule has 0 N–H and O–H groups in total. The number of hydrogen-bond acceptors (Lipinski definition) is 8. The quantitative estimate of drug-likeness (QED) is 0.176. The zero-order valence-electron chi connectivity index (χ0n) is 22.6. The van der Waals surface area contributed by atoms with E-state index in [9.17, 15) is 19.2 Å². The minimum absolute atomic E-state index is 0.0863. The summed E-state index contributed by atoms with van der Waals surface area (Å²) in [5.41, 5.74) is -1.30. The van der Waals surface area contributed by atoms with Crippen molar-refractivity contribution in [2.45, 2.75) is 71.1 Å². The van der Waals surface area contributed by atoms with Gasteiger partial charge in [0.2, 0.25) is 0 Å². The number of likely N-dealkylation sites (tertiary alicyclic amines) is 1. The highest BCUT2D eigenvalue weighted by Crippen LogP contribution is 2.50. The summed E-state index contributed by atoms with van der Waals surface area (Å²) in [7, 11) is -1.27. The normalized spacial score (nSPS) is 25.8. The first-order chi connectivity index (χ1) is 17.3. The third-order valence-electron chi connectivity index (χ3n) is 7.64. The van der Waals surface area contributed by atoms with E-state index in [1.807, 2.05) is 18.2 Å². The number of nitrogens with zero attached hydrogens (tertiary/aromatic N) is 1. The van der Waals surface area contributed by atoms with Gasteiger partial charge >= 0.3 is 18.0 Å². The molecule has 1 aromatic carbocycles. The third kappa shape index (κ3) is 5.50. The van der Waals surface area contributed by atoms with Crippen LogP contribution in [0.4, 0.5) is 4.79 Å². The van der Waals surface area contributed by atoms with E-state index in [0.717, 1.165) is 17.6 Å². The molecule has 1 aliphatic heterocycles. The fourth-order valence-electron chi connectivity index (χ4n) is 4.69. The van der Waals surface area contributed by atoms with Gasteiger partial charge in [0.1, 0.15) is 12.7 Å². The fourth-order valence-corrected chi connectivity index (χ4v) is 6.04. The van der Waals surface area contributed by atoms with Crippen molar-refractivity contribution in [2.75, 3.05) is 13.7 Å². The Hall–Kier alpha value is -2.98. The number of benzene rings is 1. The number of methoxy groups -OCH3 is 1. The van der Waals surface area contributed by atoms with Gasteiger partial charge in [-0.2, -0.15) is 0 Å². The van der Waals surface area contributed by atoms with Gasteiger partial charge in [-0.15, -0.1) is 0 Å². The molecular formula is C27H37NO8Si. The highest BCUT2D eigenvalue weighted by atomic mass is 28.4. The Kier molecular flexibility index (Phi) is 8.33. The molecule has 0 saturated carbocycles. The molecule has 3 rings (SSSR count). The van der Waals surface area contributed by atoms with Crippen LogP contribution in [-0.4, -0.2) is 63.0 Å². The smallest absolute Gasteiger partial charge is 0.416 e. The molecule has 4 atom stereocenters. The Morgan fingerprint density at radius 3 is 2.35 bits per heavy atom. The van der Waals surface area contributed by atoms with Gasteiger partial charge in [0.05, 0.1) is 19.8 Å². The number of ether oxygens (including phenoxy) is 3. The molecule has 202 valence electrons. The van der Waals surface area contributed by atoms with Gasteiger partial charge in [0, 0.05) is 12.8 Å². The maximum atomic E-state index is 14.1. The molecule has 1 aromatic rings. The molecule has 0 spiro atoms. The van der Waals surface area contributed by atoms with Crippen molar-refractivity contribution in [1.29, 1.82) is 0 Å². The van der Waals surface area contributed by atoms with Gasteiger partial charge in [-0.1, -0.05) is 57.2 Å². The monoisotopic (exact) mass is 531 g/mol. The van der Waals surface area contributed by atoms with Crippen LogP contribution in [0.25, 0.3) is 0 Å². The number of imide groups is 1. The van der Waals surface area contributed by atoms with Crippen LogP contribution in [-0.2, 0) is 39.6 Å². The minimum Gasteiger partial charge on any atom is -0.460 e. The van der Waals surface area contributed by atoms with Gasteiger partial charge in [-0.05, 0) is 36.2 Å². The van der Waals surface area contributed by atoms with Crippen LogP contribution < -0.4 is 0 Å². The Balaban J connectivity index is 2.14. The summed E-state index contributed by atoms with van der Waals surface area (Å²) in [6.07, 6.45) is 0.702. The van der Waals surface area contributed by atoms with Gasteiger partial charge in [-0.3, -0.25) is 14.4 Å². The summed E-state index contributed by atoms with van der Waals surface area (Å²) >= 11 is 0. The van der Waals surface area contributed by atoms with Crippen molar-refractivity contribution < 1.29 is 37.8 Å². The molecule has 0 radical (unpaired) electrons. The fraction of sp³-hybridized carbons (Fsp3) is 0.556. The number of fused-ring (bicyclic) bond motifs is 1. The minimum atomic E-state index is -2.43. The van der Waals surface area contributed by atoms with Crippen molar-refractivity contribution in [3.63, 3.8) is 0 Å². The molecular weight excluding hydrogens is 494 g/mol. The van der Waals surface area contributed by atoms with Crippen molar-refractivity contribution in [2.24, 2.45) is 11.3 Å².